The minimum Gasteiger partial charge on any atom is -0.351 e. The molecular weight excluding hydrogens is 288 g/mol. The van der Waals surface area contributed by atoms with E-state index in [-0.39, 0.29) is 16.9 Å². The van der Waals surface area contributed by atoms with Gasteiger partial charge in [0.15, 0.2) is 11.2 Å². The number of aryl methyl sites for hydroxylation is 1. The molecule has 0 aromatic carbocycles. The maximum atomic E-state index is 12.1. The van der Waals surface area contributed by atoms with Crippen LogP contribution in [0, 0.1) is 0 Å². The number of hydrogen-bond acceptors (Lipinski definition) is 6. The van der Waals surface area contributed by atoms with E-state index >= 15 is 0 Å². The van der Waals surface area contributed by atoms with Crippen LogP contribution in [0.15, 0.2) is 15.8 Å². The number of hydrogen-bond donors (Lipinski definition) is 2. The number of unbranched alkanes of at least 4 members (excludes halogenated alkanes) is 1. The second-order valence-corrected chi connectivity index (χ2v) is 4.88. The molecule has 0 spiro atoms. The van der Waals surface area contributed by atoms with Crippen molar-refractivity contribution in [2.45, 2.75) is 12.8 Å². The van der Waals surface area contributed by atoms with Crippen LogP contribution in [0.3, 0.4) is 0 Å². The molecule has 0 saturated heterocycles. The molecule has 0 saturated carbocycles. The third kappa shape index (κ3) is 2.89. The van der Waals surface area contributed by atoms with E-state index in [0.29, 0.717) is 13.1 Å². The van der Waals surface area contributed by atoms with Crippen LogP contribution in [0.1, 0.15) is 23.3 Å². The van der Waals surface area contributed by atoms with Crippen molar-refractivity contribution in [1.82, 2.24) is 24.4 Å². The average Bonchev–Trinajstić information content (AvgIpc) is 2.54. The third-order valence-corrected chi connectivity index (χ3v) is 3.30. The lowest BCUT2D eigenvalue weighted by Crippen LogP contribution is -2.38. The summed E-state index contributed by atoms with van der Waals surface area (Å²) in [5.74, 6) is -0.415. The molecular formula is C13H18N6O3. The summed E-state index contributed by atoms with van der Waals surface area (Å²) in [7, 11) is 2.84. The highest BCUT2D eigenvalue weighted by molar-refractivity contribution is 5.93. The van der Waals surface area contributed by atoms with E-state index < -0.39 is 17.2 Å². The minimum atomic E-state index is -0.580. The summed E-state index contributed by atoms with van der Waals surface area (Å²) in [6.45, 7) is 1.04. The number of nitrogens with two attached hydrogens (primary N) is 1. The molecule has 2 heterocycles. The van der Waals surface area contributed by atoms with Crippen molar-refractivity contribution in [1.29, 1.82) is 0 Å². The Kier molecular flexibility index (Phi) is 4.66. The number of carbonyl (C=O) groups is 1. The maximum absolute atomic E-state index is 12.1. The molecule has 1 amide bonds. The molecule has 0 fully saturated rings. The van der Waals surface area contributed by atoms with Gasteiger partial charge in [-0.2, -0.15) is 0 Å². The van der Waals surface area contributed by atoms with Crippen LogP contribution >= 0.6 is 0 Å². The van der Waals surface area contributed by atoms with Crippen molar-refractivity contribution >= 4 is 17.1 Å². The van der Waals surface area contributed by atoms with Crippen LogP contribution in [-0.4, -0.2) is 38.1 Å². The predicted octanol–water partition coefficient (Wildman–Crippen LogP) is -1.50. The average molecular weight is 306 g/mol. The lowest BCUT2D eigenvalue weighted by atomic mass is 10.3. The molecule has 0 aliphatic heterocycles. The van der Waals surface area contributed by atoms with Gasteiger partial charge >= 0.3 is 5.69 Å². The van der Waals surface area contributed by atoms with Crippen LogP contribution in [0.5, 0.6) is 0 Å². The van der Waals surface area contributed by atoms with E-state index in [0.717, 1.165) is 17.4 Å². The van der Waals surface area contributed by atoms with E-state index in [9.17, 15) is 14.4 Å². The molecule has 0 radical (unpaired) electrons. The van der Waals surface area contributed by atoms with Gasteiger partial charge in [-0.15, -0.1) is 0 Å². The Hall–Kier alpha value is -2.55. The highest BCUT2D eigenvalue weighted by Gasteiger charge is 2.14. The number of amides is 1. The zero-order valence-electron chi connectivity index (χ0n) is 12.5. The Morgan fingerprint density at radius 2 is 2.00 bits per heavy atom. The largest absolute Gasteiger partial charge is 0.351 e. The normalized spacial score (nSPS) is 10.9. The van der Waals surface area contributed by atoms with Crippen LogP contribution < -0.4 is 22.3 Å². The second kappa shape index (κ2) is 6.48. The zero-order chi connectivity index (χ0) is 16.3. The van der Waals surface area contributed by atoms with Gasteiger partial charge in [0.2, 0.25) is 0 Å². The first kappa shape index (κ1) is 15.8. The molecule has 9 nitrogen and oxygen atoms in total. The lowest BCUT2D eigenvalue weighted by Gasteiger charge is -2.07. The topological polar surface area (TPSA) is 125 Å². The fourth-order valence-corrected chi connectivity index (χ4v) is 2.00. The summed E-state index contributed by atoms with van der Waals surface area (Å²) in [6, 6.07) is 0. The fourth-order valence-electron chi connectivity index (χ4n) is 2.00. The number of nitrogens with zero attached hydrogens (tertiary/aromatic N) is 4. The van der Waals surface area contributed by atoms with Crippen molar-refractivity contribution in [2.75, 3.05) is 13.1 Å². The molecule has 2 rings (SSSR count). The fraction of sp³-hybridized carbons (Fsp3) is 0.462. The highest BCUT2D eigenvalue weighted by Crippen LogP contribution is 2.02. The summed E-state index contributed by atoms with van der Waals surface area (Å²) >= 11 is 0. The predicted molar refractivity (Wildman–Crippen MR) is 80.6 cm³/mol. The first-order valence-corrected chi connectivity index (χ1v) is 6.88. The first-order chi connectivity index (χ1) is 10.5. The number of fused-ring (bicyclic) bond motifs is 1. The van der Waals surface area contributed by atoms with Crippen molar-refractivity contribution in [3.05, 3.63) is 32.7 Å². The van der Waals surface area contributed by atoms with Crippen LogP contribution in [0.25, 0.3) is 11.2 Å². The quantitative estimate of drug-likeness (QED) is 0.647. The first-order valence-electron chi connectivity index (χ1n) is 6.88. The number of nitrogens with one attached hydrogen (secondary N) is 1. The van der Waals surface area contributed by atoms with E-state index in [1.165, 1.54) is 24.9 Å². The monoisotopic (exact) mass is 306 g/mol. The van der Waals surface area contributed by atoms with Gasteiger partial charge in [-0.1, -0.05) is 0 Å². The third-order valence-electron chi connectivity index (χ3n) is 3.30. The van der Waals surface area contributed by atoms with Gasteiger partial charge < -0.3 is 11.1 Å². The van der Waals surface area contributed by atoms with Gasteiger partial charge in [0, 0.05) is 20.6 Å². The minimum absolute atomic E-state index is 0.0146. The molecule has 0 bridgehead atoms. The Bertz CT molecular complexity index is 823. The van der Waals surface area contributed by atoms with Crippen molar-refractivity contribution in [3.63, 3.8) is 0 Å². The van der Waals surface area contributed by atoms with Crippen LogP contribution in [0.4, 0.5) is 0 Å². The van der Waals surface area contributed by atoms with Crippen LogP contribution in [-0.2, 0) is 14.1 Å². The summed E-state index contributed by atoms with van der Waals surface area (Å²) in [5.41, 5.74) is 4.47. The molecule has 0 unspecified atom stereocenters. The highest BCUT2D eigenvalue weighted by atomic mass is 16.2. The van der Waals surface area contributed by atoms with E-state index in [2.05, 4.69) is 15.3 Å². The van der Waals surface area contributed by atoms with Crippen molar-refractivity contribution in [2.24, 2.45) is 19.8 Å². The summed E-state index contributed by atoms with van der Waals surface area (Å²) in [6.07, 6.45) is 2.82. The Balaban J connectivity index is 2.37. The Labute approximate surface area is 125 Å². The van der Waals surface area contributed by atoms with Gasteiger partial charge in [0.25, 0.3) is 11.5 Å². The molecule has 118 valence electrons. The Morgan fingerprint density at radius 1 is 1.27 bits per heavy atom. The standard InChI is InChI=1S/C13H18N6O3/c1-18-10-9(12(21)19(2)13(18)22)17-8(7-16-10)11(20)15-6-4-3-5-14/h7H,3-6,14H2,1-2H3,(H,15,20). The molecule has 0 aliphatic rings. The zero-order valence-corrected chi connectivity index (χ0v) is 12.5. The van der Waals surface area contributed by atoms with Gasteiger partial charge in [-0.25, -0.2) is 14.8 Å². The lowest BCUT2D eigenvalue weighted by molar-refractivity contribution is 0.0948. The summed E-state index contributed by atoms with van der Waals surface area (Å²) < 4.78 is 2.15. The van der Waals surface area contributed by atoms with Crippen molar-refractivity contribution < 1.29 is 4.79 Å². The van der Waals surface area contributed by atoms with Crippen LogP contribution in [0.2, 0.25) is 0 Å². The summed E-state index contributed by atoms with van der Waals surface area (Å²) in [4.78, 5) is 43.9. The second-order valence-electron chi connectivity index (χ2n) is 4.88. The molecule has 2 aromatic heterocycles. The van der Waals surface area contributed by atoms with Gasteiger partial charge in [0.1, 0.15) is 5.69 Å². The maximum Gasteiger partial charge on any atom is 0.332 e. The van der Waals surface area contributed by atoms with Gasteiger partial charge in [0.05, 0.1) is 6.20 Å². The van der Waals surface area contributed by atoms with Gasteiger partial charge in [-0.05, 0) is 19.4 Å². The number of carbonyl (C=O) groups excluding carboxylic acids is 1. The Morgan fingerprint density at radius 3 is 2.68 bits per heavy atom. The smallest absolute Gasteiger partial charge is 0.332 e. The SMILES string of the molecule is Cn1c(=O)c2nc(C(=O)NCCCCN)cnc2n(C)c1=O. The number of aromatic nitrogens is 4. The molecule has 0 aliphatic carbocycles. The molecule has 3 N–H and O–H groups in total. The summed E-state index contributed by atoms with van der Waals surface area (Å²) in [5, 5.41) is 2.68. The van der Waals surface area contributed by atoms with E-state index in [1.54, 1.807) is 0 Å². The number of rotatable bonds is 5. The molecule has 2 aromatic rings. The van der Waals surface area contributed by atoms with Crippen molar-refractivity contribution in [3.8, 4) is 0 Å². The van der Waals surface area contributed by atoms with E-state index in [1.807, 2.05) is 0 Å². The molecule has 0 atom stereocenters. The molecule has 22 heavy (non-hydrogen) atoms. The van der Waals surface area contributed by atoms with E-state index in [4.69, 9.17) is 5.73 Å². The van der Waals surface area contributed by atoms with Gasteiger partial charge in [-0.3, -0.25) is 18.7 Å². The molecule has 9 heteroatoms.